The van der Waals surface area contributed by atoms with Gasteiger partial charge < -0.3 is 4.74 Å². The lowest BCUT2D eigenvalue weighted by Gasteiger charge is -2.11. The van der Waals surface area contributed by atoms with E-state index in [0.717, 1.165) is 18.8 Å². The first kappa shape index (κ1) is 22.1. The van der Waals surface area contributed by atoms with Crippen molar-refractivity contribution in [2.75, 3.05) is 6.61 Å². The van der Waals surface area contributed by atoms with Crippen LogP contribution in [-0.2, 0) is 6.42 Å². The summed E-state index contributed by atoms with van der Waals surface area (Å²) >= 11 is 0. The van der Waals surface area contributed by atoms with Crippen LogP contribution in [0.5, 0.6) is 5.75 Å². The Balaban J connectivity index is 2.04. The summed E-state index contributed by atoms with van der Waals surface area (Å²) in [6.45, 7) is 5.43. The van der Waals surface area contributed by atoms with E-state index in [0.29, 0.717) is 0 Å². The van der Waals surface area contributed by atoms with Gasteiger partial charge in [0.05, 0.1) is 6.61 Å². The van der Waals surface area contributed by atoms with E-state index < -0.39 is 0 Å². The maximum Gasteiger partial charge on any atom is 0.122 e. The number of aryl methyl sites for hydroxylation is 1. The van der Waals surface area contributed by atoms with Crippen LogP contribution in [0.4, 0.5) is 0 Å². The van der Waals surface area contributed by atoms with Gasteiger partial charge in [-0.3, -0.25) is 0 Å². The molecule has 0 saturated heterocycles. The normalized spacial score (nSPS) is 11.0. The molecule has 1 rings (SSSR count). The van der Waals surface area contributed by atoms with Gasteiger partial charge in [-0.15, -0.1) is 0 Å². The summed E-state index contributed by atoms with van der Waals surface area (Å²) < 4.78 is 6.07. The Hall–Kier alpha value is -0.980. The van der Waals surface area contributed by atoms with Crippen molar-refractivity contribution in [2.45, 2.75) is 110 Å². The van der Waals surface area contributed by atoms with E-state index in [1.165, 1.54) is 95.5 Å². The Labute approximate surface area is 157 Å². The number of unbranched alkanes of at least 4 members (excludes halogenated alkanes) is 12. The lowest BCUT2D eigenvalue weighted by molar-refractivity contribution is 0.301. The molecule has 0 heterocycles. The summed E-state index contributed by atoms with van der Waals surface area (Å²) in [6, 6.07) is 8.62. The van der Waals surface area contributed by atoms with E-state index in [9.17, 15) is 0 Å². The number of hydrogen-bond acceptors (Lipinski definition) is 1. The van der Waals surface area contributed by atoms with E-state index in [4.69, 9.17) is 4.74 Å². The summed E-state index contributed by atoms with van der Waals surface area (Å²) in [5, 5.41) is 0. The maximum absolute atomic E-state index is 6.07. The molecule has 0 aliphatic carbocycles. The predicted octanol–water partition coefficient (Wildman–Crippen LogP) is 8.11. The molecule has 144 valence electrons. The fourth-order valence-electron chi connectivity index (χ4n) is 3.37. The third kappa shape index (κ3) is 12.1. The highest BCUT2D eigenvalue weighted by Crippen LogP contribution is 2.21. The van der Waals surface area contributed by atoms with Crippen molar-refractivity contribution >= 4 is 0 Å². The van der Waals surface area contributed by atoms with E-state index in [1.54, 1.807) is 0 Å². The maximum atomic E-state index is 6.07. The molecule has 0 unspecified atom stereocenters. The minimum atomic E-state index is 0.877. The molecule has 1 aromatic carbocycles. The molecule has 0 amide bonds. The zero-order valence-corrected chi connectivity index (χ0v) is 17.0. The molecular weight excluding hydrogens is 304 g/mol. The standard InChI is InChI=1S/C24H42O/c1-3-5-7-9-10-11-12-13-14-18-22-25-24-21-17-16-20-23(24)19-15-8-6-4-2/h16-17,20-21H,3-15,18-19,22H2,1-2H3. The first-order valence-corrected chi connectivity index (χ1v) is 11.1. The molecule has 0 aromatic heterocycles. The van der Waals surface area contributed by atoms with Crippen molar-refractivity contribution in [2.24, 2.45) is 0 Å². The van der Waals surface area contributed by atoms with Gasteiger partial charge in [0.15, 0.2) is 0 Å². The van der Waals surface area contributed by atoms with Gasteiger partial charge in [0.1, 0.15) is 5.75 Å². The van der Waals surface area contributed by atoms with E-state index >= 15 is 0 Å². The summed E-state index contributed by atoms with van der Waals surface area (Å²) in [6.07, 6.45) is 20.2. The van der Waals surface area contributed by atoms with Gasteiger partial charge in [-0.25, -0.2) is 0 Å². The van der Waals surface area contributed by atoms with Crippen molar-refractivity contribution in [3.05, 3.63) is 29.8 Å². The second kappa shape index (κ2) is 16.5. The van der Waals surface area contributed by atoms with Crippen molar-refractivity contribution in [1.82, 2.24) is 0 Å². The second-order valence-corrected chi connectivity index (χ2v) is 7.45. The molecule has 1 nitrogen and oxygen atoms in total. The second-order valence-electron chi connectivity index (χ2n) is 7.45. The van der Waals surface area contributed by atoms with Crippen LogP contribution in [-0.4, -0.2) is 6.61 Å². The summed E-state index contributed by atoms with van der Waals surface area (Å²) in [5.41, 5.74) is 1.39. The van der Waals surface area contributed by atoms with Crippen LogP contribution in [0.25, 0.3) is 0 Å². The zero-order valence-electron chi connectivity index (χ0n) is 17.0. The molecule has 0 radical (unpaired) electrons. The highest BCUT2D eigenvalue weighted by Gasteiger charge is 2.03. The summed E-state index contributed by atoms with van der Waals surface area (Å²) in [7, 11) is 0. The Kier molecular flexibility index (Phi) is 14.5. The minimum absolute atomic E-state index is 0.877. The quantitative estimate of drug-likeness (QED) is 0.259. The van der Waals surface area contributed by atoms with E-state index in [2.05, 4.69) is 38.1 Å². The van der Waals surface area contributed by atoms with Gasteiger partial charge in [-0.2, -0.15) is 0 Å². The molecule has 0 aliphatic heterocycles. The van der Waals surface area contributed by atoms with Gasteiger partial charge >= 0.3 is 0 Å². The van der Waals surface area contributed by atoms with Crippen molar-refractivity contribution in [3.63, 3.8) is 0 Å². The molecule has 0 atom stereocenters. The Morgan fingerprint density at radius 3 is 1.76 bits per heavy atom. The van der Waals surface area contributed by atoms with E-state index in [1.807, 2.05) is 0 Å². The van der Waals surface area contributed by atoms with Gasteiger partial charge in [-0.1, -0.05) is 109 Å². The van der Waals surface area contributed by atoms with E-state index in [-0.39, 0.29) is 0 Å². The highest BCUT2D eigenvalue weighted by molar-refractivity contribution is 5.33. The molecule has 0 aliphatic rings. The van der Waals surface area contributed by atoms with Gasteiger partial charge in [0.2, 0.25) is 0 Å². The van der Waals surface area contributed by atoms with Gasteiger partial charge in [-0.05, 0) is 30.9 Å². The number of ether oxygens (including phenoxy) is 1. The topological polar surface area (TPSA) is 9.23 Å². The number of rotatable bonds is 17. The largest absolute Gasteiger partial charge is 0.493 e. The smallest absolute Gasteiger partial charge is 0.122 e. The molecular formula is C24H42O. The van der Waals surface area contributed by atoms with Gasteiger partial charge in [0.25, 0.3) is 0 Å². The molecule has 1 aromatic rings. The Bertz CT molecular complexity index is 399. The fraction of sp³-hybridized carbons (Fsp3) is 0.750. The minimum Gasteiger partial charge on any atom is -0.493 e. The van der Waals surface area contributed by atoms with Crippen molar-refractivity contribution in [1.29, 1.82) is 0 Å². The van der Waals surface area contributed by atoms with Crippen LogP contribution < -0.4 is 4.74 Å². The lowest BCUT2D eigenvalue weighted by Crippen LogP contribution is -2.00. The summed E-state index contributed by atoms with van der Waals surface area (Å²) in [5.74, 6) is 1.12. The predicted molar refractivity (Wildman–Crippen MR) is 112 cm³/mol. The van der Waals surface area contributed by atoms with Crippen LogP contribution in [0.15, 0.2) is 24.3 Å². The molecule has 0 bridgehead atoms. The van der Waals surface area contributed by atoms with Gasteiger partial charge in [0, 0.05) is 0 Å². The SMILES string of the molecule is CCCCCCCCCCCCOc1ccccc1CCCCCC. The van der Waals surface area contributed by atoms with Crippen molar-refractivity contribution in [3.8, 4) is 5.75 Å². The Morgan fingerprint density at radius 2 is 1.12 bits per heavy atom. The zero-order chi connectivity index (χ0) is 18.0. The average molecular weight is 347 g/mol. The van der Waals surface area contributed by atoms with Crippen LogP contribution in [0.3, 0.4) is 0 Å². The highest BCUT2D eigenvalue weighted by atomic mass is 16.5. The number of hydrogen-bond donors (Lipinski definition) is 0. The Morgan fingerprint density at radius 1 is 0.600 bits per heavy atom. The molecule has 0 N–H and O–H groups in total. The third-order valence-corrected chi connectivity index (χ3v) is 5.03. The lowest BCUT2D eigenvalue weighted by atomic mass is 10.1. The molecule has 0 saturated carbocycles. The van der Waals surface area contributed by atoms with Crippen LogP contribution in [0.1, 0.15) is 109 Å². The first-order valence-electron chi connectivity index (χ1n) is 11.1. The molecule has 1 heteroatoms. The van der Waals surface area contributed by atoms with Crippen molar-refractivity contribution < 1.29 is 4.74 Å². The number of benzene rings is 1. The van der Waals surface area contributed by atoms with Crippen LogP contribution >= 0.6 is 0 Å². The summed E-state index contributed by atoms with van der Waals surface area (Å²) in [4.78, 5) is 0. The molecule has 0 spiro atoms. The average Bonchev–Trinajstić information content (AvgIpc) is 2.64. The third-order valence-electron chi connectivity index (χ3n) is 5.03. The van der Waals surface area contributed by atoms with Crippen LogP contribution in [0.2, 0.25) is 0 Å². The monoisotopic (exact) mass is 346 g/mol. The number of para-hydroxylation sites is 1. The first-order chi connectivity index (χ1) is 12.4. The molecule has 0 fully saturated rings. The van der Waals surface area contributed by atoms with Crippen LogP contribution in [0, 0.1) is 0 Å². The molecule has 25 heavy (non-hydrogen) atoms. The fourth-order valence-corrected chi connectivity index (χ4v) is 3.37.